The maximum Gasteiger partial charge on any atom is 0.244 e. The maximum atomic E-state index is 12.7. The molecule has 0 radical (unpaired) electrons. The molecule has 0 bridgehead atoms. The molecule has 0 amide bonds. The molecular weight excluding hydrogens is 365 g/mol. The Kier molecular flexibility index (Phi) is 5.65. The highest BCUT2D eigenvalue weighted by molar-refractivity contribution is 7.89. The lowest BCUT2D eigenvalue weighted by atomic mass is 9.87. The summed E-state index contributed by atoms with van der Waals surface area (Å²) in [5.74, 6) is 0. The van der Waals surface area contributed by atoms with Crippen LogP contribution in [0, 0.1) is 0 Å². The van der Waals surface area contributed by atoms with Crippen molar-refractivity contribution in [2.75, 3.05) is 7.05 Å². The summed E-state index contributed by atoms with van der Waals surface area (Å²) in [5.41, 5.74) is 2.17. The number of hydrogen-bond acceptors (Lipinski definition) is 2. The Morgan fingerprint density at radius 1 is 1.00 bits per heavy atom. The zero-order chi connectivity index (χ0) is 18.1. The van der Waals surface area contributed by atoms with E-state index >= 15 is 0 Å². The number of hydrogen-bond donors (Lipinski definition) is 0. The van der Waals surface area contributed by atoms with Gasteiger partial charge in [0.2, 0.25) is 10.0 Å². The molecular formula is C18H21Cl2NO2S. The lowest BCUT2D eigenvalue weighted by molar-refractivity contribution is 0.466. The molecule has 24 heavy (non-hydrogen) atoms. The molecule has 2 aromatic carbocycles. The van der Waals surface area contributed by atoms with Crippen molar-refractivity contribution in [2.24, 2.45) is 0 Å². The Morgan fingerprint density at radius 2 is 1.58 bits per heavy atom. The number of halogens is 2. The Bertz CT molecular complexity index is 825. The minimum Gasteiger partial charge on any atom is -0.207 e. The highest BCUT2D eigenvalue weighted by Crippen LogP contribution is 2.28. The van der Waals surface area contributed by atoms with Crippen molar-refractivity contribution in [1.82, 2.24) is 4.31 Å². The van der Waals surface area contributed by atoms with Crippen molar-refractivity contribution in [1.29, 1.82) is 0 Å². The molecule has 0 N–H and O–H groups in total. The molecule has 2 aromatic rings. The lowest BCUT2D eigenvalue weighted by Gasteiger charge is -2.21. The first-order valence-electron chi connectivity index (χ1n) is 7.52. The molecule has 0 fully saturated rings. The number of rotatable bonds is 4. The van der Waals surface area contributed by atoms with Crippen molar-refractivity contribution in [3.05, 3.63) is 63.6 Å². The summed E-state index contributed by atoms with van der Waals surface area (Å²) < 4.78 is 26.7. The second kappa shape index (κ2) is 7.04. The van der Waals surface area contributed by atoms with E-state index in [1.54, 1.807) is 6.07 Å². The van der Waals surface area contributed by atoms with Crippen molar-refractivity contribution in [3.8, 4) is 0 Å². The third kappa shape index (κ3) is 4.31. The second-order valence-electron chi connectivity index (χ2n) is 6.78. The summed E-state index contributed by atoms with van der Waals surface area (Å²) >= 11 is 11.9. The molecule has 2 rings (SSSR count). The van der Waals surface area contributed by atoms with Crippen LogP contribution >= 0.6 is 23.2 Å². The van der Waals surface area contributed by atoms with Gasteiger partial charge in [0.15, 0.2) is 0 Å². The average molecular weight is 386 g/mol. The van der Waals surface area contributed by atoms with Gasteiger partial charge in [-0.1, -0.05) is 68.2 Å². The molecule has 0 aliphatic carbocycles. The predicted octanol–water partition coefficient (Wildman–Crippen LogP) is 5.11. The van der Waals surface area contributed by atoms with E-state index < -0.39 is 10.0 Å². The van der Waals surface area contributed by atoms with Crippen LogP contribution in [0.3, 0.4) is 0 Å². The molecule has 0 atom stereocenters. The molecule has 6 heteroatoms. The molecule has 0 unspecified atom stereocenters. The van der Waals surface area contributed by atoms with E-state index in [0.717, 1.165) is 5.56 Å². The van der Waals surface area contributed by atoms with E-state index in [1.165, 1.54) is 29.0 Å². The van der Waals surface area contributed by atoms with Crippen LogP contribution in [0.5, 0.6) is 0 Å². The zero-order valence-corrected chi connectivity index (χ0v) is 16.5. The molecule has 0 saturated carbocycles. The fourth-order valence-corrected chi connectivity index (χ4v) is 4.19. The van der Waals surface area contributed by atoms with Gasteiger partial charge in [-0.2, -0.15) is 4.31 Å². The molecule has 0 aliphatic rings. The summed E-state index contributed by atoms with van der Waals surface area (Å²) in [5, 5.41) is 0.496. The molecule has 0 aromatic heterocycles. The van der Waals surface area contributed by atoms with E-state index in [2.05, 4.69) is 20.8 Å². The zero-order valence-electron chi connectivity index (χ0n) is 14.2. The minimum atomic E-state index is -3.71. The third-order valence-corrected chi connectivity index (χ3v) is 6.33. The van der Waals surface area contributed by atoms with Crippen LogP contribution in [0.4, 0.5) is 0 Å². The number of nitrogens with zero attached hydrogens (tertiary/aromatic N) is 1. The first-order valence-corrected chi connectivity index (χ1v) is 9.72. The van der Waals surface area contributed by atoms with E-state index in [9.17, 15) is 8.42 Å². The van der Waals surface area contributed by atoms with E-state index in [0.29, 0.717) is 5.02 Å². The second-order valence-corrected chi connectivity index (χ2v) is 9.64. The van der Waals surface area contributed by atoms with Crippen LogP contribution in [-0.2, 0) is 22.0 Å². The van der Waals surface area contributed by atoms with Gasteiger partial charge in [0, 0.05) is 18.6 Å². The Hall–Kier alpha value is -1.07. The van der Waals surface area contributed by atoms with E-state index in [1.807, 2.05) is 24.3 Å². The van der Waals surface area contributed by atoms with Crippen molar-refractivity contribution in [3.63, 3.8) is 0 Å². The van der Waals surface area contributed by atoms with Crippen LogP contribution in [0.2, 0.25) is 10.0 Å². The highest BCUT2D eigenvalue weighted by atomic mass is 35.5. The Morgan fingerprint density at radius 3 is 2.12 bits per heavy atom. The molecule has 0 spiro atoms. The van der Waals surface area contributed by atoms with Crippen LogP contribution in [0.1, 0.15) is 31.9 Å². The van der Waals surface area contributed by atoms with Gasteiger partial charge >= 0.3 is 0 Å². The molecule has 0 aliphatic heterocycles. The first kappa shape index (κ1) is 19.3. The Balaban J connectivity index is 2.25. The van der Waals surface area contributed by atoms with Crippen LogP contribution in [-0.4, -0.2) is 19.8 Å². The standard InChI is InChI=1S/C18H21Cl2NO2S/c1-18(2,3)14-7-5-13(6-8-14)12-21(4)24(22,23)17-11-15(19)9-10-16(17)20/h5-11H,12H2,1-4H3. The largest absolute Gasteiger partial charge is 0.244 e. The quantitative estimate of drug-likeness (QED) is 0.732. The molecule has 0 saturated heterocycles. The summed E-state index contributed by atoms with van der Waals surface area (Å²) in [4.78, 5) is 0.0190. The molecule has 3 nitrogen and oxygen atoms in total. The number of benzene rings is 2. The SMILES string of the molecule is CN(Cc1ccc(C(C)(C)C)cc1)S(=O)(=O)c1cc(Cl)ccc1Cl. The van der Waals surface area contributed by atoms with Gasteiger partial charge in [-0.3, -0.25) is 0 Å². The average Bonchev–Trinajstić information content (AvgIpc) is 2.49. The number of sulfonamides is 1. The summed E-state index contributed by atoms with van der Waals surface area (Å²) in [6.45, 7) is 6.68. The van der Waals surface area contributed by atoms with Crippen molar-refractivity contribution >= 4 is 33.2 Å². The summed E-state index contributed by atoms with van der Waals surface area (Å²) in [6, 6.07) is 12.4. The fraction of sp³-hybridized carbons (Fsp3) is 0.333. The van der Waals surface area contributed by atoms with Gasteiger partial charge in [0.05, 0.1) is 5.02 Å². The Labute approximate surface area is 154 Å². The maximum absolute atomic E-state index is 12.7. The monoisotopic (exact) mass is 385 g/mol. The minimum absolute atomic E-state index is 0.0190. The van der Waals surface area contributed by atoms with Gasteiger partial charge in [-0.15, -0.1) is 0 Å². The smallest absolute Gasteiger partial charge is 0.207 e. The van der Waals surface area contributed by atoms with Crippen LogP contribution < -0.4 is 0 Å². The topological polar surface area (TPSA) is 37.4 Å². The van der Waals surface area contributed by atoms with Gasteiger partial charge in [-0.25, -0.2) is 8.42 Å². The van der Waals surface area contributed by atoms with Crippen molar-refractivity contribution < 1.29 is 8.42 Å². The lowest BCUT2D eigenvalue weighted by Crippen LogP contribution is -2.26. The molecule has 0 heterocycles. The summed E-state index contributed by atoms with van der Waals surface area (Å²) in [6.07, 6.45) is 0. The van der Waals surface area contributed by atoms with Gasteiger partial charge in [0.25, 0.3) is 0 Å². The van der Waals surface area contributed by atoms with Gasteiger partial charge < -0.3 is 0 Å². The fourth-order valence-electron chi connectivity index (χ4n) is 2.30. The van der Waals surface area contributed by atoms with Crippen LogP contribution in [0.15, 0.2) is 47.4 Å². The van der Waals surface area contributed by atoms with Gasteiger partial charge in [-0.05, 0) is 34.7 Å². The predicted molar refractivity (Wildman–Crippen MR) is 100 cm³/mol. The first-order chi connectivity index (χ1) is 11.0. The third-order valence-electron chi connectivity index (χ3n) is 3.81. The molecule has 130 valence electrons. The van der Waals surface area contributed by atoms with E-state index in [-0.39, 0.29) is 21.9 Å². The van der Waals surface area contributed by atoms with E-state index in [4.69, 9.17) is 23.2 Å². The normalized spacial score (nSPS) is 12.6. The van der Waals surface area contributed by atoms with Crippen LogP contribution in [0.25, 0.3) is 0 Å². The van der Waals surface area contributed by atoms with Gasteiger partial charge in [0.1, 0.15) is 4.90 Å². The van der Waals surface area contributed by atoms with Crippen molar-refractivity contribution in [2.45, 2.75) is 37.6 Å². The highest BCUT2D eigenvalue weighted by Gasteiger charge is 2.24. The summed E-state index contributed by atoms with van der Waals surface area (Å²) in [7, 11) is -2.18.